The van der Waals surface area contributed by atoms with Crippen LogP contribution in [0.4, 0.5) is 9.59 Å². The van der Waals surface area contributed by atoms with E-state index in [0.29, 0.717) is 10.6 Å². The van der Waals surface area contributed by atoms with Gasteiger partial charge >= 0.3 is 18.2 Å². The second-order valence-corrected chi connectivity index (χ2v) is 6.22. The Labute approximate surface area is 153 Å². The van der Waals surface area contributed by atoms with Gasteiger partial charge in [-0.05, 0) is 39.7 Å². The minimum atomic E-state index is -1.86. The van der Waals surface area contributed by atoms with Crippen LogP contribution >= 0.6 is 0 Å². The van der Waals surface area contributed by atoms with E-state index >= 15 is 0 Å². The van der Waals surface area contributed by atoms with Gasteiger partial charge in [0.05, 0.1) is 12.2 Å². The monoisotopic (exact) mass is 366 g/mol. The number of benzene rings is 1. The van der Waals surface area contributed by atoms with Gasteiger partial charge in [-0.2, -0.15) is 5.01 Å². The third kappa shape index (κ3) is 4.87. The number of carboxylic acids is 1. The summed E-state index contributed by atoms with van der Waals surface area (Å²) in [5.41, 5.74) is 0.704. The maximum atomic E-state index is 12.6. The van der Waals surface area contributed by atoms with Gasteiger partial charge in [-0.25, -0.2) is 19.8 Å². The van der Waals surface area contributed by atoms with Crippen LogP contribution < -0.4 is 5.43 Å². The molecule has 0 bridgehead atoms. The molecule has 1 aromatic carbocycles. The number of carboxylic acid groups (broad SMARTS) is 1. The average molecular weight is 366 g/mol. The van der Waals surface area contributed by atoms with E-state index in [4.69, 9.17) is 9.47 Å². The van der Waals surface area contributed by atoms with Crippen molar-refractivity contribution in [2.24, 2.45) is 0 Å². The van der Waals surface area contributed by atoms with Crippen molar-refractivity contribution in [2.75, 3.05) is 0 Å². The molecule has 0 spiro atoms. The molecule has 1 atom stereocenters. The van der Waals surface area contributed by atoms with Gasteiger partial charge in [0.2, 0.25) is 0 Å². The molecule has 0 saturated heterocycles. The summed E-state index contributed by atoms with van der Waals surface area (Å²) in [6.07, 6.45) is -2.91. The van der Waals surface area contributed by atoms with Gasteiger partial charge in [0.1, 0.15) is 0 Å². The highest BCUT2D eigenvalue weighted by Gasteiger charge is 2.49. The Morgan fingerprint density at radius 2 is 1.62 bits per heavy atom. The molecule has 0 radical (unpaired) electrons. The first-order valence-corrected chi connectivity index (χ1v) is 8.42. The maximum absolute atomic E-state index is 12.6. The average Bonchev–Trinajstić information content (AvgIpc) is 2.54. The van der Waals surface area contributed by atoms with Crippen LogP contribution in [0.5, 0.6) is 0 Å². The van der Waals surface area contributed by atoms with E-state index in [0.717, 1.165) is 0 Å². The number of hydrogen-bond acceptors (Lipinski definition) is 5. The van der Waals surface area contributed by atoms with Crippen molar-refractivity contribution in [3.8, 4) is 0 Å². The first-order chi connectivity index (χ1) is 12.1. The van der Waals surface area contributed by atoms with E-state index in [9.17, 15) is 19.5 Å². The lowest BCUT2D eigenvalue weighted by molar-refractivity contribution is -0.154. The van der Waals surface area contributed by atoms with Gasteiger partial charge in [0.25, 0.3) is 0 Å². The largest absolute Gasteiger partial charge is 0.479 e. The number of carbonyl (C=O) groups is 3. The minimum Gasteiger partial charge on any atom is -0.479 e. The molecule has 8 heteroatoms. The van der Waals surface area contributed by atoms with Crippen LogP contribution in [-0.4, -0.2) is 40.5 Å². The number of nitrogens with zero attached hydrogens (tertiary/aromatic N) is 1. The van der Waals surface area contributed by atoms with Crippen LogP contribution in [0.1, 0.15) is 46.6 Å². The Balaban J connectivity index is 3.43. The topological polar surface area (TPSA) is 105 Å². The number of nitrogens with one attached hydrogen (secondary N) is 1. The van der Waals surface area contributed by atoms with E-state index < -0.39 is 35.9 Å². The van der Waals surface area contributed by atoms with Crippen LogP contribution in [0.2, 0.25) is 0 Å². The lowest BCUT2D eigenvalue weighted by Gasteiger charge is -2.39. The molecule has 0 fully saturated rings. The van der Waals surface area contributed by atoms with E-state index in [2.05, 4.69) is 5.43 Å². The molecule has 144 valence electrons. The lowest BCUT2D eigenvalue weighted by atomic mass is 9.86. The Kier molecular flexibility index (Phi) is 7.42. The van der Waals surface area contributed by atoms with Crippen molar-refractivity contribution in [1.29, 1.82) is 0 Å². The number of amides is 2. The Hall–Kier alpha value is -2.77. The number of hydrogen-bond donors (Lipinski definition) is 2. The Bertz CT molecular complexity index is 632. The normalized spacial score (nSPS) is 13.0. The number of ether oxygens (including phenoxy) is 2. The van der Waals surface area contributed by atoms with Crippen molar-refractivity contribution in [2.45, 2.75) is 58.8 Å². The quantitative estimate of drug-likeness (QED) is 0.749. The second kappa shape index (κ2) is 9.07. The van der Waals surface area contributed by atoms with Gasteiger partial charge in [-0.3, -0.25) is 0 Å². The number of rotatable bonds is 6. The zero-order valence-corrected chi connectivity index (χ0v) is 15.7. The summed E-state index contributed by atoms with van der Waals surface area (Å²) in [5, 5.41) is 10.7. The smallest absolute Gasteiger partial charge is 0.430 e. The fourth-order valence-electron chi connectivity index (χ4n) is 2.46. The van der Waals surface area contributed by atoms with Crippen molar-refractivity contribution < 1.29 is 29.0 Å². The van der Waals surface area contributed by atoms with Crippen molar-refractivity contribution in [1.82, 2.24) is 10.4 Å². The molecular formula is C18H26N2O6. The molecule has 1 unspecified atom stereocenters. The standard InChI is InChI=1S/C18H26N2O6/c1-6-18(15(21)22,14-10-8-7-9-11-14)20(17(24)26-13(4)5)19-16(23)25-12(2)3/h7-13H,6H2,1-5H3,(H,19,23)(H,21,22). The SMILES string of the molecule is CCC(C(=O)O)(c1ccccc1)N(NC(=O)OC(C)C)C(=O)OC(C)C. The molecule has 1 aromatic rings. The highest BCUT2D eigenvalue weighted by molar-refractivity contribution is 5.87. The molecule has 2 amide bonds. The molecule has 0 heterocycles. The summed E-state index contributed by atoms with van der Waals surface area (Å²) in [5.74, 6) is -1.31. The molecule has 0 aliphatic carbocycles. The summed E-state index contributed by atoms with van der Waals surface area (Å²) >= 11 is 0. The highest BCUT2D eigenvalue weighted by Crippen LogP contribution is 2.32. The van der Waals surface area contributed by atoms with Crippen molar-refractivity contribution in [3.63, 3.8) is 0 Å². The Morgan fingerprint density at radius 3 is 2.04 bits per heavy atom. The summed E-state index contributed by atoms with van der Waals surface area (Å²) in [6, 6.07) is 8.18. The number of aliphatic carboxylic acids is 1. The van der Waals surface area contributed by atoms with Gasteiger partial charge in [-0.15, -0.1) is 0 Å². The molecule has 0 saturated carbocycles. The number of carbonyl (C=O) groups excluding carboxylic acids is 2. The van der Waals surface area contributed by atoms with Gasteiger partial charge in [0.15, 0.2) is 5.54 Å². The van der Waals surface area contributed by atoms with E-state index in [-0.39, 0.29) is 6.42 Å². The third-order valence-electron chi connectivity index (χ3n) is 3.56. The molecule has 26 heavy (non-hydrogen) atoms. The summed E-state index contributed by atoms with van der Waals surface area (Å²) in [4.78, 5) is 37.0. The molecule has 2 N–H and O–H groups in total. The predicted octanol–water partition coefficient (Wildman–Crippen LogP) is 3.27. The predicted molar refractivity (Wildman–Crippen MR) is 94.3 cm³/mol. The van der Waals surface area contributed by atoms with Gasteiger partial charge in [-0.1, -0.05) is 37.3 Å². The lowest BCUT2D eigenvalue weighted by Crippen LogP contribution is -2.62. The van der Waals surface area contributed by atoms with Crippen molar-refractivity contribution >= 4 is 18.2 Å². The highest BCUT2D eigenvalue weighted by atomic mass is 16.6. The van der Waals surface area contributed by atoms with Crippen molar-refractivity contribution in [3.05, 3.63) is 35.9 Å². The molecule has 8 nitrogen and oxygen atoms in total. The number of hydrazine groups is 1. The van der Waals surface area contributed by atoms with E-state index in [1.165, 1.54) is 0 Å². The van der Waals surface area contributed by atoms with Gasteiger partial charge < -0.3 is 14.6 Å². The molecule has 0 aliphatic rings. The first-order valence-electron chi connectivity index (χ1n) is 8.42. The maximum Gasteiger partial charge on any atom is 0.430 e. The van der Waals surface area contributed by atoms with Crippen LogP contribution in [0.3, 0.4) is 0 Å². The molecular weight excluding hydrogens is 340 g/mol. The second-order valence-electron chi connectivity index (χ2n) is 6.22. The van der Waals surface area contributed by atoms with E-state index in [1.54, 1.807) is 65.0 Å². The molecule has 1 rings (SSSR count). The van der Waals surface area contributed by atoms with Crippen LogP contribution in [0.15, 0.2) is 30.3 Å². The van der Waals surface area contributed by atoms with Crippen LogP contribution in [0, 0.1) is 0 Å². The zero-order chi connectivity index (χ0) is 19.9. The van der Waals surface area contributed by atoms with Crippen LogP contribution in [-0.2, 0) is 19.8 Å². The minimum absolute atomic E-state index is 0.0124. The fourth-order valence-corrected chi connectivity index (χ4v) is 2.46. The third-order valence-corrected chi connectivity index (χ3v) is 3.56. The first kappa shape index (κ1) is 21.3. The molecule has 0 aliphatic heterocycles. The summed E-state index contributed by atoms with van der Waals surface area (Å²) in [6.45, 7) is 8.13. The zero-order valence-electron chi connectivity index (χ0n) is 15.7. The summed E-state index contributed by atoms with van der Waals surface area (Å²) in [7, 11) is 0. The van der Waals surface area contributed by atoms with Gasteiger partial charge in [0, 0.05) is 0 Å². The Morgan fingerprint density at radius 1 is 1.08 bits per heavy atom. The van der Waals surface area contributed by atoms with E-state index in [1.807, 2.05) is 0 Å². The fraction of sp³-hybridized carbons (Fsp3) is 0.500. The summed E-state index contributed by atoms with van der Waals surface area (Å²) < 4.78 is 10.1. The molecule has 0 aromatic heterocycles. The van der Waals surface area contributed by atoms with Crippen LogP contribution in [0.25, 0.3) is 0 Å².